The maximum Gasteiger partial charge on any atom is 0.211 e. The van der Waals surface area contributed by atoms with Crippen LogP contribution in [0.3, 0.4) is 0 Å². The normalized spacial score (nSPS) is 30.5. The second kappa shape index (κ2) is 5.11. The summed E-state index contributed by atoms with van der Waals surface area (Å²) in [6.07, 6.45) is 3.10. The van der Waals surface area contributed by atoms with Gasteiger partial charge in [-0.3, -0.25) is 0 Å². The highest BCUT2D eigenvalue weighted by atomic mass is 16.7. The van der Waals surface area contributed by atoms with Gasteiger partial charge in [0.25, 0.3) is 0 Å². The van der Waals surface area contributed by atoms with E-state index >= 15 is 0 Å². The van der Waals surface area contributed by atoms with E-state index in [1.807, 2.05) is 6.92 Å². The van der Waals surface area contributed by atoms with Crippen molar-refractivity contribution in [2.45, 2.75) is 44.7 Å². The highest BCUT2D eigenvalue weighted by Gasteiger charge is 2.46. The molecule has 114 valence electrons. The zero-order valence-corrected chi connectivity index (χ0v) is 13.0. The summed E-state index contributed by atoms with van der Waals surface area (Å²) in [6.45, 7) is 11.5. The minimum absolute atomic E-state index is 0.518. The maximum absolute atomic E-state index is 10.9. The first kappa shape index (κ1) is 16.0. The number of hydrogen-bond donors (Lipinski definition) is 2. The van der Waals surface area contributed by atoms with Crippen molar-refractivity contribution in [3.8, 4) is 11.8 Å². The van der Waals surface area contributed by atoms with Gasteiger partial charge in [0.2, 0.25) is 5.79 Å². The van der Waals surface area contributed by atoms with Crippen LogP contribution < -0.4 is 0 Å². The summed E-state index contributed by atoms with van der Waals surface area (Å²) in [5, 5.41) is 20.8. The molecule has 0 amide bonds. The molecule has 0 radical (unpaired) electrons. The molecular weight excluding hydrogens is 268 g/mol. The predicted octanol–water partition coefficient (Wildman–Crippen LogP) is 1.70. The van der Waals surface area contributed by atoms with Gasteiger partial charge in [-0.15, -0.1) is 0 Å². The van der Waals surface area contributed by atoms with Gasteiger partial charge in [-0.25, -0.2) is 0 Å². The third-order valence-corrected chi connectivity index (χ3v) is 4.22. The van der Waals surface area contributed by atoms with E-state index in [2.05, 4.69) is 18.4 Å². The summed E-state index contributed by atoms with van der Waals surface area (Å²) >= 11 is 0. The van der Waals surface area contributed by atoms with Gasteiger partial charge >= 0.3 is 0 Å². The van der Waals surface area contributed by atoms with Crippen molar-refractivity contribution in [2.75, 3.05) is 13.2 Å². The zero-order chi connectivity index (χ0) is 15.9. The van der Waals surface area contributed by atoms with Crippen molar-refractivity contribution in [1.29, 1.82) is 0 Å². The molecule has 2 rings (SSSR count). The van der Waals surface area contributed by atoms with Crippen LogP contribution in [0.5, 0.6) is 0 Å². The number of rotatable bonds is 1. The van der Waals surface area contributed by atoms with Crippen molar-refractivity contribution >= 4 is 0 Å². The average molecular weight is 290 g/mol. The van der Waals surface area contributed by atoms with E-state index in [-0.39, 0.29) is 0 Å². The number of aliphatic hydroxyl groups is 2. The molecule has 1 heterocycles. The van der Waals surface area contributed by atoms with Gasteiger partial charge in [0, 0.05) is 0 Å². The molecule has 2 unspecified atom stereocenters. The fraction of sp³-hybridized carbons (Fsp3) is 0.529. The molecule has 0 aromatic rings. The molecule has 0 aromatic heterocycles. The summed E-state index contributed by atoms with van der Waals surface area (Å²) in [5.74, 6) is 4.55. The van der Waals surface area contributed by atoms with Crippen molar-refractivity contribution in [2.24, 2.45) is 0 Å². The molecule has 2 N–H and O–H groups in total. The maximum atomic E-state index is 10.9. The molecule has 0 saturated carbocycles. The molecule has 2 atom stereocenters. The van der Waals surface area contributed by atoms with E-state index < -0.39 is 17.0 Å². The van der Waals surface area contributed by atoms with Gasteiger partial charge in [0.1, 0.15) is 5.60 Å². The van der Waals surface area contributed by atoms with E-state index in [0.29, 0.717) is 24.4 Å². The van der Waals surface area contributed by atoms with Crippen LogP contribution in [-0.4, -0.2) is 40.4 Å². The van der Waals surface area contributed by atoms with Crippen molar-refractivity contribution in [1.82, 2.24) is 0 Å². The Morgan fingerprint density at radius 1 is 1.29 bits per heavy atom. The zero-order valence-electron chi connectivity index (χ0n) is 13.0. The highest BCUT2D eigenvalue weighted by molar-refractivity contribution is 5.52. The molecule has 1 saturated heterocycles. The van der Waals surface area contributed by atoms with Crippen LogP contribution >= 0.6 is 0 Å². The molecule has 4 nitrogen and oxygen atoms in total. The van der Waals surface area contributed by atoms with Crippen LogP contribution in [0.2, 0.25) is 0 Å². The van der Waals surface area contributed by atoms with E-state index in [9.17, 15) is 10.2 Å². The predicted molar refractivity (Wildman–Crippen MR) is 80.3 cm³/mol. The molecule has 4 heteroatoms. The molecular formula is C17H22O4. The molecule has 1 aliphatic carbocycles. The summed E-state index contributed by atoms with van der Waals surface area (Å²) in [7, 11) is 0. The van der Waals surface area contributed by atoms with Crippen LogP contribution in [0.4, 0.5) is 0 Å². The van der Waals surface area contributed by atoms with Gasteiger partial charge in [0.05, 0.1) is 13.2 Å². The second-order valence-electron chi connectivity index (χ2n) is 5.75. The smallest absolute Gasteiger partial charge is 0.211 e. The average Bonchev–Trinajstić information content (AvgIpc) is 2.91. The van der Waals surface area contributed by atoms with E-state index in [4.69, 9.17) is 9.47 Å². The molecule has 1 aliphatic heterocycles. The second-order valence-corrected chi connectivity index (χ2v) is 5.75. The van der Waals surface area contributed by atoms with Crippen molar-refractivity contribution in [3.05, 3.63) is 35.5 Å². The fourth-order valence-electron chi connectivity index (χ4n) is 2.51. The quantitative estimate of drug-likeness (QED) is 0.570. The van der Waals surface area contributed by atoms with Gasteiger partial charge in [-0.05, 0) is 56.6 Å². The first-order chi connectivity index (χ1) is 9.67. The lowest BCUT2D eigenvalue weighted by Gasteiger charge is -2.38. The lowest BCUT2D eigenvalue weighted by Crippen LogP contribution is -2.43. The van der Waals surface area contributed by atoms with Gasteiger partial charge in [0.15, 0.2) is 5.60 Å². The Bertz CT molecular complexity index is 580. The van der Waals surface area contributed by atoms with Crippen molar-refractivity contribution < 1.29 is 19.7 Å². The highest BCUT2D eigenvalue weighted by Crippen LogP contribution is 2.42. The Balaban J connectivity index is 2.49. The molecule has 2 aliphatic rings. The standard InChI is InChI=1S/C17H22O4/c1-6-15(5,18)7-8-16(19)12(2)11-17(14(4)13(16)3)20-9-10-21-17/h6,11,18-19H,1,9-10H2,2-5H3. The summed E-state index contributed by atoms with van der Waals surface area (Å²) in [4.78, 5) is 0. The summed E-state index contributed by atoms with van der Waals surface area (Å²) in [5.41, 5.74) is -0.700. The summed E-state index contributed by atoms with van der Waals surface area (Å²) in [6, 6.07) is 0. The minimum atomic E-state index is -1.43. The van der Waals surface area contributed by atoms with Gasteiger partial charge in [-0.2, -0.15) is 0 Å². The van der Waals surface area contributed by atoms with Crippen LogP contribution in [0.15, 0.2) is 35.5 Å². The third kappa shape index (κ3) is 2.58. The van der Waals surface area contributed by atoms with E-state index in [0.717, 1.165) is 5.57 Å². The van der Waals surface area contributed by atoms with Gasteiger partial charge < -0.3 is 19.7 Å². The van der Waals surface area contributed by atoms with E-state index in [1.54, 1.807) is 19.9 Å². The Kier molecular flexibility index (Phi) is 3.90. The monoisotopic (exact) mass is 290 g/mol. The minimum Gasteiger partial charge on any atom is -0.374 e. The third-order valence-electron chi connectivity index (χ3n) is 4.22. The molecule has 1 fully saturated rings. The van der Waals surface area contributed by atoms with Crippen LogP contribution in [0.1, 0.15) is 27.7 Å². The SMILES string of the molecule is C=CC(C)(O)C#CC1(O)C(C)=CC2(OCCO2)C(C)=C1C. The van der Waals surface area contributed by atoms with Crippen LogP contribution in [-0.2, 0) is 9.47 Å². The molecule has 1 spiro atoms. The largest absolute Gasteiger partial charge is 0.374 e. The fourth-order valence-corrected chi connectivity index (χ4v) is 2.51. The number of hydrogen-bond acceptors (Lipinski definition) is 4. The Morgan fingerprint density at radius 3 is 2.38 bits per heavy atom. The molecule has 21 heavy (non-hydrogen) atoms. The lowest BCUT2D eigenvalue weighted by atomic mass is 9.77. The Labute approximate surface area is 125 Å². The van der Waals surface area contributed by atoms with E-state index in [1.165, 1.54) is 13.0 Å². The Hall–Kier alpha value is -1.38. The molecule has 0 bridgehead atoms. The van der Waals surface area contributed by atoms with Gasteiger partial charge in [-0.1, -0.05) is 18.4 Å². The van der Waals surface area contributed by atoms with Crippen LogP contribution in [0.25, 0.3) is 0 Å². The van der Waals surface area contributed by atoms with Crippen molar-refractivity contribution in [3.63, 3.8) is 0 Å². The Morgan fingerprint density at radius 2 is 1.86 bits per heavy atom. The summed E-state index contributed by atoms with van der Waals surface area (Å²) < 4.78 is 11.4. The lowest BCUT2D eigenvalue weighted by molar-refractivity contribution is -0.0901. The van der Waals surface area contributed by atoms with Crippen LogP contribution in [0, 0.1) is 11.8 Å². The topological polar surface area (TPSA) is 58.9 Å². The molecule has 0 aromatic carbocycles. The first-order valence-corrected chi connectivity index (χ1v) is 6.96. The first-order valence-electron chi connectivity index (χ1n) is 6.96. The number of ether oxygens (including phenoxy) is 2.